The second kappa shape index (κ2) is 7.13. The van der Waals surface area contributed by atoms with Crippen molar-refractivity contribution in [2.45, 2.75) is 47.5 Å². The molecule has 0 radical (unpaired) electrons. The third kappa shape index (κ3) is 4.21. The highest BCUT2D eigenvalue weighted by Crippen LogP contribution is 2.31. The number of hydrogen-bond acceptors (Lipinski definition) is 2. The average molecular weight is 294 g/mol. The molecule has 4 unspecified atom stereocenters. The Hall–Kier alpha value is -0.570. The maximum absolute atomic E-state index is 11.4. The summed E-state index contributed by atoms with van der Waals surface area (Å²) in [6.45, 7) is 17.0. The molecule has 0 bridgehead atoms. The standard InChI is InChI=1S/C18H34N2O/c1-13(2)18-12-19(10-15(18)4)8-6-14(3)17-7-9-20(11-17)16(5)21/h13-15,17-18H,6-12H2,1-5H3. The van der Waals surface area contributed by atoms with Crippen LogP contribution in [0.2, 0.25) is 0 Å². The lowest BCUT2D eigenvalue weighted by molar-refractivity contribution is -0.127. The Bertz CT molecular complexity index is 355. The van der Waals surface area contributed by atoms with Gasteiger partial charge in [0, 0.05) is 33.1 Å². The Kier molecular flexibility index (Phi) is 5.70. The van der Waals surface area contributed by atoms with Crippen LogP contribution in [0.1, 0.15) is 47.5 Å². The SMILES string of the molecule is CC(=O)N1CCC(C(C)CCN2CC(C)C(C(C)C)C2)C1. The van der Waals surface area contributed by atoms with Crippen LogP contribution in [-0.4, -0.2) is 48.4 Å². The van der Waals surface area contributed by atoms with Crippen molar-refractivity contribution in [1.82, 2.24) is 9.80 Å². The Morgan fingerprint density at radius 3 is 2.43 bits per heavy atom. The van der Waals surface area contributed by atoms with Gasteiger partial charge in [-0.3, -0.25) is 4.79 Å². The number of carbonyl (C=O) groups excluding carboxylic acids is 1. The maximum atomic E-state index is 11.4. The highest BCUT2D eigenvalue weighted by Gasteiger charge is 2.32. The van der Waals surface area contributed by atoms with Gasteiger partial charge in [0.1, 0.15) is 0 Å². The van der Waals surface area contributed by atoms with E-state index in [4.69, 9.17) is 0 Å². The Morgan fingerprint density at radius 1 is 1.19 bits per heavy atom. The van der Waals surface area contributed by atoms with Crippen LogP contribution in [0.3, 0.4) is 0 Å². The number of amides is 1. The number of nitrogens with zero attached hydrogens (tertiary/aromatic N) is 2. The van der Waals surface area contributed by atoms with Gasteiger partial charge in [-0.15, -0.1) is 0 Å². The zero-order chi connectivity index (χ0) is 15.6. The van der Waals surface area contributed by atoms with Gasteiger partial charge in [0.25, 0.3) is 0 Å². The number of carbonyl (C=O) groups is 1. The van der Waals surface area contributed by atoms with Gasteiger partial charge in [0.15, 0.2) is 0 Å². The largest absolute Gasteiger partial charge is 0.343 e. The molecular formula is C18H34N2O. The summed E-state index contributed by atoms with van der Waals surface area (Å²) in [4.78, 5) is 16.1. The summed E-state index contributed by atoms with van der Waals surface area (Å²) in [5.74, 6) is 4.23. The smallest absolute Gasteiger partial charge is 0.219 e. The molecule has 0 aromatic heterocycles. The van der Waals surface area contributed by atoms with Crippen LogP contribution in [0.15, 0.2) is 0 Å². The van der Waals surface area contributed by atoms with Gasteiger partial charge in [-0.25, -0.2) is 0 Å². The number of hydrogen-bond donors (Lipinski definition) is 0. The average Bonchev–Trinajstić information content (AvgIpc) is 3.02. The van der Waals surface area contributed by atoms with Crippen molar-refractivity contribution in [3.8, 4) is 0 Å². The lowest BCUT2D eigenvalue weighted by Crippen LogP contribution is -2.29. The molecule has 3 heteroatoms. The Morgan fingerprint density at radius 2 is 1.90 bits per heavy atom. The molecule has 21 heavy (non-hydrogen) atoms. The Balaban J connectivity index is 1.73. The van der Waals surface area contributed by atoms with Crippen LogP contribution >= 0.6 is 0 Å². The molecule has 0 saturated carbocycles. The van der Waals surface area contributed by atoms with E-state index in [1.807, 2.05) is 4.90 Å². The van der Waals surface area contributed by atoms with E-state index >= 15 is 0 Å². The summed E-state index contributed by atoms with van der Waals surface area (Å²) in [6.07, 6.45) is 2.49. The topological polar surface area (TPSA) is 23.6 Å². The van der Waals surface area contributed by atoms with Crippen molar-refractivity contribution in [3.63, 3.8) is 0 Å². The van der Waals surface area contributed by atoms with Gasteiger partial charge in [0.2, 0.25) is 5.91 Å². The molecule has 2 aliphatic heterocycles. The van der Waals surface area contributed by atoms with Gasteiger partial charge in [0.05, 0.1) is 0 Å². The van der Waals surface area contributed by atoms with Gasteiger partial charge < -0.3 is 9.80 Å². The minimum Gasteiger partial charge on any atom is -0.343 e. The molecule has 0 aromatic rings. The molecule has 4 atom stereocenters. The van der Waals surface area contributed by atoms with Crippen molar-refractivity contribution >= 4 is 5.91 Å². The second-order valence-corrected chi connectivity index (χ2v) is 7.92. The van der Waals surface area contributed by atoms with E-state index in [1.54, 1.807) is 6.92 Å². The van der Waals surface area contributed by atoms with Crippen molar-refractivity contribution in [3.05, 3.63) is 0 Å². The monoisotopic (exact) mass is 294 g/mol. The van der Waals surface area contributed by atoms with Crippen LogP contribution in [0.25, 0.3) is 0 Å². The lowest BCUT2D eigenvalue weighted by Gasteiger charge is -2.23. The Labute approximate surface area is 131 Å². The fraction of sp³-hybridized carbons (Fsp3) is 0.944. The first-order chi connectivity index (χ1) is 9.88. The molecule has 0 N–H and O–H groups in total. The van der Waals surface area contributed by atoms with E-state index < -0.39 is 0 Å². The molecule has 0 spiro atoms. The zero-order valence-electron chi connectivity index (χ0n) is 14.6. The van der Waals surface area contributed by atoms with Gasteiger partial charge in [-0.2, -0.15) is 0 Å². The van der Waals surface area contributed by atoms with Crippen molar-refractivity contribution in [1.29, 1.82) is 0 Å². The summed E-state index contributed by atoms with van der Waals surface area (Å²) in [6, 6.07) is 0. The van der Waals surface area contributed by atoms with Gasteiger partial charge in [-0.05, 0) is 49.0 Å². The predicted molar refractivity (Wildman–Crippen MR) is 88.1 cm³/mol. The maximum Gasteiger partial charge on any atom is 0.219 e. The van der Waals surface area contributed by atoms with Crippen LogP contribution in [0.5, 0.6) is 0 Å². The summed E-state index contributed by atoms with van der Waals surface area (Å²) < 4.78 is 0. The second-order valence-electron chi connectivity index (χ2n) is 7.92. The molecule has 2 aliphatic rings. The molecule has 0 aromatic carbocycles. The van der Waals surface area contributed by atoms with Crippen molar-refractivity contribution in [2.24, 2.45) is 29.6 Å². The molecule has 2 saturated heterocycles. The zero-order valence-corrected chi connectivity index (χ0v) is 14.6. The minimum absolute atomic E-state index is 0.248. The summed E-state index contributed by atoms with van der Waals surface area (Å²) >= 11 is 0. The van der Waals surface area contributed by atoms with Crippen molar-refractivity contribution < 1.29 is 4.79 Å². The van der Waals surface area contributed by atoms with Crippen LogP contribution in [-0.2, 0) is 4.79 Å². The fourth-order valence-electron chi connectivity index (χ4n) is 4.31. The van der Waals surface area contributed by atoms with Crippen LogP contribution in [0.4, 0.5) is 0 Å². The molecule has 122 valence electrons. The van der Waals surface area contributed by atoms with Gasteiger partial charge in [-0.1, -0.05) is 27.7 Å². The molecule has 3 nitrogen and oxygen atoms in total. The highest BCUT2D eigenvalue weighted by molar-refractivity contribution is 5.73. The summed E-state index contributed by atoms with van der Waals surface area (Å²) in [5, 5.41) is 0. The van der Waals surface area contributed by atoms with Crippen LogP contribution in [0, 0.1) is 29.6 Å². The molecule has 2 heterocycles. The predicted octanol–water partition coefficient (Wildman–Crippen LogP) is 3.10. The number of rotatable bonds is 5. The van der Waals surface area contributed by atoms with E-state index in [0.717, 1.165) is 42.7 Å². The quantitative estimate of drug-likeness (QED) is 0.778. The normalized spacial score (nSPS) is 32.1. The van der Waals surface area contributed by atoms with E-state index in [1.165, 1.54) is 32.5 Å². The first-order valence-corrected chi connectivity index (χ1v) is 8.86. The van der Waals surface area contributed by atoms with E-state index in [-0.39, 0.29) is 5.91 Å². The third-order valence-corrected chi connectivity index (χ3v) is 5.98. The molecule has 2 rings (SSSR count). The van der Waals surface area contributed by atoms with Crippen molar-refractivity contribution in [2.75, 3.05) is 32.7 Å². The van der Waals surface area contributed by atoms with E-state index in [0.29, 0.717) is 0 Å². The molecule has 2 fully saturated rings. The summed E-state index contributed by atoms with van der Waals surface area (Å²) in [5.41, 5.74) is 0. The fourth-order valence-corrected chi connectivity index (χ4v) is 4.31. The lowest BCUT2D eigenvalue weighted by atomic mass is 9.88. The minimum atomic E-state index is 0.248. The van der Waals surface area contributed by atoms with Crippen LogP contribution < -0.4 is 0 Å². The van der Waals surface area contributed by atoms with Gasteiger partial charge >= 0.3 is 0 Å². The highest BCUT2D eigenvalue weighted by atomic mass is 16.2. The number of likely N-dealkylation sites (tertiary alicyclic amines) is 2. The molecular weight excluding hydrogens is 260 g/mol. The van der Waals surface area contributed by atoms with E-state index in [2.05, 4.69) is 32.6 Å². The molecule has 0 aliphatic carbocycles. The first kappa shape index (κ1) is 16.8. The van der Waals surface area contributed by atoms with E-state index in [9.17, 15) is 4.79 Å². The summed E-state index contributed by atoms with van der Waals surface area (Å²) in [7, 11) is 0. The molecule has 1 amide bonds. The third-order valence-electron chi connectivity index (χ3n) is 5.98. The first-order valence-electron chi connectivity index (χ1n) is 8.86.